The summed E-state index contributed by atoms with van der Waals surface area (Å²) in [5.41, 5.74) is 0. The molecule has 0 aliphatic carbocycles. The maximum absolute atomic E-state index is 12.9. The van der Waals surface area contributed by atoms with Gasteiger partial charge >= 0.3 is 0 Å². The van der Waals surface area contributed by atoms with Crippen molar-refractivity contribution in [2.75, 3.05) is 4.43 Å². The number of rotatable bonds is 7. The van der Waals surface area contributed by atoms with Crippen LogP contribution >= 0.6 is 22.6 Å². The molecule has 0 aromatic heterocycles. The number of benzene rings is 2. The van der Waals surface area contributed by atoms with E-state index in [-0.39, 0.29) is 16.2 Å². The fraction of sp³-hybridized carbons (Fsp3) is 0.250. The lowest BCUT2D eigenvalue weighted by Crippen LogP contribution is -2.31. The third kappa shape index (κ3) is 4.13. The number of halogens is 1. The van der Waals surface area contributed by atoms with Crippen molar-refractivity contribution in [2.45, 2.75) is 27.2 Å². The van der Waals surface area contributed by atoms with Crippen molar-refractivity contribution in [3.05, 3.63) is 60.7 Å². The van der Waals surface area contributed by atoms with E-state index in [1.165, 1.54) is 24.3 Å². The van der Waals surface area contributed by atoms with Gasteiger partial charge in [-0.1, -0.05) is 59.0 Å². The summed E-state index contributed by atoms with van der Waals surface area (Å²) in [6.45, 7) is 0. The zero-order valence-electron chi connectivity index (χ0n) is 12.3. The highest BCUT2D eigenvalue weighted by Crippen LogP contribution is 2.28. The maximum atomic E-state index is 12.9. The Balaban J connectivity index is 2.54. The second-order valence-corrected chi connectivity index (χ2v) is 10.6. The lowest BCUT2D eigenvalue weighted by atomic mass is 10.4. The van der Waals surface area contributed by atoms with Crippen molar-refractivity contribution >= 4 is 42.3 Å². The number of hydrogen-bond acceptors (Lipinski definition) is 4. The average Bonchev–Trinajstić information content (AvgIpc) is 2.56. The van der Waals surface area contributed by atoms with Crippen molar-refractivity contribution in [3.8, 4) is 0 Å². The van der Waals surface area contributed by atoms with Crippen LogP contribution in [0.25, 0.3) is 0 Å². The highest BCUT2D eigenvalue weighted by Gasteiger charge is 2.39. The predicted octanol–water partition coefficient (Wildman–Crippen LogP) is 3.48. The molecule has 124 valence electrons. The van der Waals surface area contributed by atoms with Crippen LogP contribution in [-0.4, -0.2) is 25.8 Å². The molecule has 0 fully saturated rings. The molecular formula is C16H17IO4S2. The fourth-order valence-electron chi connectivity index (χ4n) is 2.24. The van der Waals surface area contributed by atoms with Crippen LogP contribution in [0.15, 0.2) is 70.5 Å². The van der Waals surface area contributed by atoms with Gasteiger partial charge in [-0.25, -0.2) is 16.8 Å². The summed E-state index contributed by atoms with van der Waals surface area (Å²) in [5, 5.41) is 0. The molecule has 0 radical (unpaired) electrons. The molecule has 0 heterocycles. The van der Waals surface area contributed by atoms with Crippen molar-refractivity contribution in [2.24, 2.45) is 0 Å². The molecule has 23 heavy (non-hydrogen) atoms. The Labute approximate surface area is 150 Å². The molecule has 0 spiro atoms. The molecule has 0 N–H and O–H groups in total. The van der Waals surface area contributed by atoms with Crippen LogP contribution in [0.3, 0.4) is 0 Å². The molecule has 0 saturated heterocycles. The molecule has 7 heteroatoms. The second-order valence-electron chi connectivity index (χ2n) is 4.98. The molecule has 0 unspecified atom stereocenters. The van der Waals surface area contributed by atoms with E-state index < -0.39 is 24.3 Å². The Morgan fingerprint density at radius 1 is 0.739 bits per heavy atom. The third-order valence-electron chi connectivity index (χ3n) is 3.41. The van der Waals surface area contributed by atoms with E-state index in [2.05, 4.69) is 22.6 Å². The first-order chi connectivity index (χ1) is 10.9. The van der Waals surface area contributed by atoms with E-state index in [1.807, 2.05) is 0 Å². The molecule has 0 bridgehead atoms. The van der Waals surface area contributed by atoms with E-state index >= 15 is 0 Å². The zero-order chi connectivity index (χ0) is 16.9. The quantitative estimate of drug-likeness (QED) is 0.465. The van der Waals surface area contributed by atoms with Gasteiger partial charge in [-0.2, -0.15) is 0 Å². The largest absolute Gasteiger partial charge is 0.222 e. The number of sulfone groups is 2. The monoisotopic (exact) mass is 464 g/mol. The van der Waals surface area contributed by atoms with Gasteiger partial charge < -0.3 is 0 Å². The summed E-state index contributed by atoms with van der Waals surface area (Å²) >= 11 is 2.12. The second kappa shape index (κ2) is 7.76. The van der Waals surface area contributed by atoms with Crippen LogP contribution in [0, 0.1) is 0 Å². The van der Waals surface area contributed by atoms with Gasteiger partial charge in [0.2, 0.25) is 0 Å². The van der Waals surface area contributed by atoms with Crippen molar-refractivity contribution < 1.29 is 16.8 Å². The normalized spacial score (nSPS) is 12.4. The van der Waals surface area contributed by atoms with Gasteiger partial charge in [-0.05, 0) is 41.5 Å². The Morgan fingerprint density at radius 3 is 1.48 bits per heavy atom. The topological polar surface area (TPSA) is 68.3 Å². The van der Waals surface area contributed by atoms with Crippen molar-refractivity contribution in [1.82, 2.24) is 0 Å². The molecule has 0 saturated carbocycles. The van der Waals surface area contributed by atoms with Gasteiger partial charge in [0.05, 0.1) is 9.79 Å². The summed E-state index contributed by atoms with van der Waals surface area (Å²) in [4.78, 5) is 0.0796. The first-order valence-electron chi connectivity index (χ1n) is 7.04. The standard InChI is InChI=1S/C16H17IO4S2/c17-13-7-12-16(22(18,19)14-8-3-1-4-9-14)23(20,21)15-10-5-2-6-11-15/h1-6,8-11,16H,7,12-13H2. The summed E-state index contributed by atoms with van der Waals surface area (Å²) in [7, 11) is -7.94. The minimum atomic E-state index is -3.97. The molecule has 0 amide bonds. The van der Waals surface area contributed by atoms with Crippen LogP contribution < -0.4 is 0 Å². The molecule has 0 aliphatic heterocycles. The maximum Gasteiger partial charge on any atom is 0.195 e. The van der Waals surface area contributed by atoms with Crippen LogP contribution in [0.5, 0.6) is 0 Å². The van der Waals surface area contributed by atoms with Crippen molar-refractivity contribution in [1.29, 1.82) is 0 Å². The van der Waals surface area contributed by atoms with E-state index in [0.29, 0.717) is 10.8 Å². The van der Waals surface area contributed by atoms with E-state index in [4.69, 9.17) is 0 Å². The molecular weight excluding hydrogens is 447 g/mol. The van der Waals surface area contributed by atoms with Gasteiger partial charge in [0.25, 0.3) is 0 Å². The van der Waals surface area contributed by atoms with Crippen LogP contribution in [0.4, 0.5) is 0 Å². The first kappa shape index (κ1) is 18.4. The Morgan fingerprint density at radius 2 is 1.13 bits per heavy atom. The van der Waals surface area contributed by atoms with E-state index in [9.17, 15) is 16.8 Å². The van der Waals surface area contributed by atoms with Gasteiger partial charge in [0.15, 0.2) is 24.3 Å². The Hall–Kier alpha value is -0.930. The first-order valence-corrected chi connectivity index (χ1v) is 11.7. The molecule has 2 aromatic carbocycles. The molecule has 4 nitrogen and oxygen atoms in total. The van der Waals surface area contributed by atoms with Crippen LogP contribution in [0.2, 0.25) is 0 Å². The minimum Gasteiger partial charge on any atom is -0.222 e. The molecule has 2 rings (SSSR count). The van der Waals surface area contributed by atoms with Crippen LogP contribution in [0.1, 0.15) is 12.8 Å². The number of hydrogen-bond donors (Lipinski definition) is 0. The molecule has 2 aromatic rings. The Kier molecular flexibility index (Phi) is 6.21. The fourth-order valence-corrected chi connectivity index (χ4v) is 7.32. The minimum absolute atomic E-state index is 0.0398. The lowest BCUT2D eigenvalue weighted by molar-refractivity contribution is 0.568. The Bertz CT molecular complexity index is 763. The van der Waals surface area contributed by atoms with Gasteiger partial charge in [-0.3, -0.25) is 0 Å². The molecule has 0 atom stereocenters. The molecule has 0 aliphatic rings. The van der Waals surface area contributed by atoms with Gasteiger partial charge in [-0.15, -0.1) is 0 Å². The van der Waals surface area contributed by atoms with Crippen molar-refractivity contribution in [3.63, 3.8) is 0 Å². The van der Waals surface area contributed by atoms with Crippen LogP contribution in [-0.2, 0) is 19.7 Å². The SMILES string of the molecule is O=S(=O)(c1ccccc1)C(CCCI)S(=O)(=O)c1ccccc1. The van der Waals surface area contributed by atoms with E-state index in [0.717, 1.165) is 0 Å². The highest BCUT2D eigenvalue weighted by atomic mass is 127. The summed E-state index contributed by atoms with van der Waals surface area (Å²) in [6.07, 6.45) is 0.598. The van der Waals surface area contributed by atoms with Gasteiger partial charge in [0, 0.05) is 0 Å². The highest BCUT2D eigenvalue weighted by molar-refractivity contribution is 14.1. The van der Waals surface area contributed by atoms with Gasteiger partial charge in [0.1, 0.15) is 0 Å². The third-order valence-corrected chi connectivity index (χ3v) is 9.41. The zero-order valence-corrected chi connectivity index (χ0v) is 16.1. The average molecular weight is 464 g/mol. The summed E-state index contributed by atoms with van der Waals surface area (Å²) < 4.78 is 50.7. The smallest absolute Gasteiger partial charge is 0.195 e. The number of alkyl halides is 1. The lowest BCUT2D eigenvalue weighted by Gasteiger charge is -2.18. The summed E-state index contributed by atoms with van der Waals surface area (Å²) in [5.74, 6) is 0. The van der Waals surface area contributed by atoms with E-state index in [1.54, 1.807) is 36.4 Å². The predicted molar refractivity (Wildman–Crippen MR) is 99.2 cm³/mol. The summed E-state index contributed by atoms with van der Waals surface area (Å²) in [6, 6.07) is 15.5.